The molecule has 2 aromatic heterocycles. The lowest BCUT2D eigenvalue weighted by Crippen LogP contribution is -2.41. The van der Waals surface area contributed by atoms with Gasteiger partial charge in [0.15, 0.2) is 0 Å². The zero-order valence-electron chi connectivity index (χ0n) is 17.8. The van der Waals surface area contributed by atoms with Gasteiger partial charge in [0.05, 0.1) is 16.1 Å². The molecule has 0 aliphatic heterocycles. The Kier molecular flexibility index (Phi) is 6.08. The molecule has 31 heavy (non-hydrogen) atoms. The number of carbonyl (C=O) groups excluding carboxylic acids is 2. The topological polar surface area (TPSA) is 93.5 Å². The normalized spacial score (nSPS) is 15.3. The summed E-state index contributed by atoms with van der Waals surface area (Å²) in [7, 11) is 0. The van der Waals surface area contributed by atoms with Crippen molar-refractivity contribution in [1.82, 2.24) is 16.0 Å². The molecule has 3 aromatic rings. The molecule has 1 aliphatic carbocycles. The number of fused-ring (bicyclic) bond motifs is 1. The fourth-order valence-corrected chi connectivity index (χ4v) is 4.73. The Morgan fingerprint density at radius 2 is 1.94 bits per heavy atom. The van der Waals surface area contributed by atoms with E-state index in [2.05, 4.69) is 22.9 Å². The summed E-state index contributed by atoms with van der Waals surface area (Å²) in [4.78, 5) is 26.7. The van der Waals surface area contributed by atoms with Gasteiger partial charge in [-0.2, -0.15) is 0 Å². The molecule has 1 atom stereocenters. The Bertz CT molecular complexity index is 1080. The Morgan fingerprint density at radius 3 is 2.65 bits per heavy atom. The predicted molar refractivity (Wildman–Crippen MR) is 117 cm³/mol. The van der Waals surface area contributed by atoms with Crippen LogP contribution in [-0.4, -0.2) is 17.0 Å². The number of aryl methyl sites for hydroxylation is 3. The molecule has 2 heterocycles. The summed E-state index contributed by atoms with van der Waals surface area (Å²) in [5, 5.41) is 3.90. The quantitative estimate of drug-likeness (QED) is 0.583. The summed E-state index contributed by atoms with van der Waals surface area (Å²) in [6, 6.07) is 8.67. The molecule has 0 bridgehead atoms. The van der Waals surface area contributed by atoms with Gasteiger partial charge in [-0.05, 0) is 74.9 Å². The second-order valence-corrected chi connectivity index (χ2v) is 9.07. The number of rotatable bonds is 5. The molecule has 7 nitrogen and oxygen atoms in total. The Labute approximate surface area is 184 Å². The highest BCUT2D eigenvalue weighted by molar-refractivity contribution is 7.14. The largest absolute Gasteiger partial charge is 0.489 e. The van der Waals surface area contributed by atoms with Gasteiger partial charge in [-0.15, -0.1) is 11.3 Å². The summed E-state index contributed by atoms with van der Waals surface area (Å²) in [5.41, 5.74) is 8.38. The average Bonchev–Trinajstić information content (AvgIpc) is 3.33. The van der Waals surface area contributed by atoms with Gasteiger partial charge < -0.3 is 9.26 Å². The highest BCUT2D eigenvalue weighted by atomic mass is 32.1. The summed E-state index contributed by atoms with van der Waals surface area (Å²) >= 11 is 1.51. The van der Waals surface area contributed by atoms with Gasteiger partial charge in [0.1, 0.15) is 18.1 Å². The molecule has 0 spiro atoms. The van der Waals surface area contributed by atoms with Crippen LogP contribution >= 0.6 is 11.3 Å². The Balaban J connectivity index is 1.30. The molecule has 4 rings (SSSR count). The molecule has 0 saturated heterocycles. The number of ether oxygens (including phenoxy) is 1. The van der Waals surface area contributed by atoms with Crippen LogP contribution in [0.3, 0.4) is 0 Å². The van der Waals surface area contributed by atoms with Crippen molar-refractivity contribution in [3.8, 4) is 5.75 Å². The van der Waals surface area contributed by atoms with Crippen LogP contribution in [0, 0.1) is 19.8 Å². The number of thiophene rings is 1. The lowest BCUT2D eigenvalue weighted by Gasteiger charge is -2.16. The van der Waals surface area contributed by atoms with Crippen molar-refractivity contribution in [1.29, 1.82) is 0 Å². The fraction of sp³-hybridized carbons (Fsp3) is 0.348. The van der Waals surface area contributed by atoms with Crippen molar-refractivity contribution in [2.45, 2.75) is 46.6 Å². The van der Waals surface area contributed by atoms with Crippen molar-refractivity contribution in [3.63, 3.8) is 0 Å². The van der Waals surface area contributed by atoms with Gasteiger partial charge in [0, 0.05) is 10.4 Å². The molecule has 0 radical (unpaired) electrons. The Morgan fingerprint density at radius 1 is 1.19 bits per heavy atom. The van der Waals surface area contributed by atoms with Crippen molar-refractivity contribution in [3.05, 3.63) is 68.2 Å². The van der Waals surface area contributed by atoms with Gasteiger partial charge in [-0.3, -0.25) is 20.4 Å². The number of benzene rings is 1. The monoisotopic (exact) mass is 439 g/mol. The third-order valence-electron chi connectivity index (χ3n) is 5.52. The lowest BCUT2D eigenvalue weighted by atomic mass is 9.90. The van der Waals surface area contributed by atoms with Crippen molar-refractivity contribution < 1.29 is 18.8 Å². The number of hydrogen-bond acceptors (Lipinski definition) is 6. The third kappa shape index (κ3) is 4.80. The number of carbonyl (C=O) groups is 2. The van der Waals surface area contributed by atoms with Crippen LogP contribution in [0.5, 0.6) is 5.75 Å². The molecule has 2 amide bonds. The summed E-state index contributed by atoms with van der Waals surface area (Å²) < 4.78 is 10.9. The molecule has 1 aromatic carbocycles. The van der Waals surface area contributed by atoms with E-state index < -0.39 is 0 Å². The highest BCUT2D eigenvalue weighted by Gasteiger charge is 2.21. The second kappa shape index (κ2) is 8.93. The van der Waals surface area contributed by atoms with Gasteiger partial charge in [-0.1, -0.05) is 12.1 Å². The van der Waals surface area contributed by atoms with E-state index in [1.165, 1.54) is 21.8 Å². The first-order chi connectivity index (χ1) is 14.9. The molecule has 8 heteroatoms. The van der Waals surface area contributed by atoms with Crippen LogP contribution in [0.2, 0.25) is 0 Å². The fourth-order valence-electron chi connectivity index (χ4n) is 3.63. The molecule has 162 valence electrons. The van der Waals surface area contributed by atoms with Gasteiger partial charge in [0.2, 0.25) is 0 Å². The number of aromatic nitrogens is 1. The molecule has 0 unspecified atom stereocenters. The smallest absolute Gasteiger partial charge is 0.279 e. The first-order valence-corrected chi connectivity index (χ1v) is 11.1. The third-order valence-corrected chi connectivity index (χ3v) is 6.76. The summed E-state index contributed by atoms with van der Waals surface area (Å²) in [5.74, 6) is 1.32. The maximum absolute atomic E-state index is 12.4. The van der Waals surface area contributed by atoms with Crippen LogP contribution in [0.15, 0.2) is 34.9 Å². The minimum atomic E-state index is -0.388. The van der Waals surface area contributed by atoms with E-state index in [1.807, 2.05) is 19.9 Å². The number of hydrogen-bond donors (Lipinski definition) is 2. The summed E-state index contributed by atoms with van der Waals surface area (Å²) in [6.07, 6.45) is 3.19. The molecule has 0 fully saturated rings. The zero-order chi connectivity index (χ0) is 22.0. The van der Waals surface area contributed by atoms with Crippen molar-refractivity contribution in [2.24, 2.45) is 5.92 Å². The number of nitrogens with one attached hydrogen (secondary N) is 2. The molecular formula is C23H25N3O4S. The van der Waals surface area contributed by atoms with Crippen LogP contribution in [0.25, 0.3) is 0 Å². The Hall–Kier alpha value is -3.13. The van der Waals surface area contributed by atoms with E-state index >= 15 is 0 Å². The van der Waals surface area contributed by atoms with E-state index in [9.17, 15) is 9.59 Å². The average molecular weight is 440 g/mol. The lowest BCUT2D eigenvalue weighted by molar-refractivity contribution is 0.0849. The van der Waals surface area contributed by atoms with Crippen molar-refractivity contribution in [2.75, 3.05) is 0 Å². The van der Waals surface area contributed by atoms with Crippen LogP contribution < -0.4 is 15.6 Å². The summed E-state index contributed by atoms with van der Waals surface area (Å²) in [6.45, 7) is 6.27. The first-order valence-electron chi connectivity index (χ1n) is 10.3. The minimum Gasteiger partial charge on any atom is -0.489 e. The second-order valence-electron chi connectivity index (χ2n) is 7.93. The van der Waals surface area contributed by atoms with E-state index in [0.29, 0.717) is 28.7 Å². The molecular weight excluding hydrogens is 414 g/mol. The minimum absolute atomic E-state index is 0.292. The maximum Gasteiger partial charge on any atom is 0.279 e. The van der Waals surface area contributed by atoms with Gasteiger partial charge in [-0.25, -0.2) is 0 Å². The molecule has 2 N–H and O–H groups in total. The van der Waals surface area contributed by atoms with Crippen LogP contribution in [-0.2, 0) is 19.4 Å². The van der Waals surface area contributed by atoms with E-state index in [4.69, 9.17) is 9.26 Å². The number of amides is 2. The SMILES string of the molecule is Cc1noc(C)c1COc1ccc(C(=O)NNC(=O)c2cc3c(s2)CC[C@@H](C)C3)cc1. The van der Waals surface area contributed by atoms with E-state index in [-0.39, 0.29) is 11.8 Å². The van der Waals surface area contributed by atoms with Gasteiger partial charge in [0.25, 0.3) is 11.8 Å². The predicted octanol–water partition coefficient (Wildman–Crippen LogP) is 4.13. The van der Waals surface area contributed by atoms with E-state index in [0.717, 1.165) is 36.3 Å². The van der Waals surface area contributed by atoms with E-state index in [1.54, 1.807) is 24.3 Å². The van der Waals surface area contributed by atoms with Crippen molar-refractivity contribution >= 4 is 23.2 Å². The van der Waals surface area contributed by atoms with Crippen LogP contribution in [0.1, 0.15) is 60.8 Å². The highest BCUT2D eigenvalue weighted by Crippen LogP contribution is 2.32. The number of nitrogens with zero attached hydrogens (tertiary/aromatic N) is 1. The zero-order valence-corrected chi connectivity index (χ0v) is 18.6. The molecule has 0 saturated carbocycles. The maximum atomic E-state index is 12.4. The standard InChI is InChI=1S/C23H25N3O4S/c1-13-4-9-20-17(10-13)11-21(31-20)23(28)25-24-22(27)16-5-7-18(8-6-16)29-12-19-14(2)26-30-15(19)3/h5-8,11,13H,4,9-10,12H2,1-3H3,(H,24,27)(H,25,28)/t13-/m1/s1. The van der Waals surface area contributed by atoms with Gasteiger partial charge >= 0.3 is 0 Å². The molecule has 1 aliphatic rings. The number of hydrazine groups is 1. The van der Waals surface area contributed by atoms with Crippen LogP contribution in [0.4, 0.5) is 0 Å². The first kappa shape index (κ1) is 21.1.